The number of H-pyrrole nitrogens is 1. The Morgan fingerprint density at radius 2 is 2.14 bits per heavy atom. The van der Waals surface area contributed by atoms with Gasteiger partial charge >= 0.3 is 0 Å². The van der Waals surface area contributed by atoms with Gasteiger partial charge in [-0.3, -0.25) is 14.8 Å². The van der Waals surface area contributed by atoms with Gasteiger partial charge in [-0.2, -0.15) is 0 Å². The molecule has 1 aliphatic heterocycles. The minimum atomic E-state index is -0.159. The maximum absolute atomic E-state index is 12.8. The lowest BCUT2D eigenvalue weighted by atomic mass is 9.62. The number of hydrogen-bond acceptors (Lipinski definition) is 4. The Labute approximate surface area is 174 Å². The molecule has 1 atom stereocenters. The Morgan fingerprint density at radius 1 is 1.31 bits per heavy atom. The number of hydrogen-bond donors (Lipinski definition) is 2. The van der Waals surface area contributed by atoms with Crippen molar-refractivity contribution < 1.29 is 0 Å². The smallest absolute Gasteiger partial charge is 0.272 e. The van der Waals surface area contributed by atoms with Crippen LogP contribution in [0, 0.1) is 0 Å². The van der Waals surface area contributed by atoms with Crippen LogP contribution in [0.25, 0.3) is 5.65 Å². The molecule has 2 N–H and O–H groups in total. The summed E-state index contributed by atoms with van der Waals surface area (Å²) in [6.45, 7) is 2.73. The lowest BCUT2D eigenvalue weighted by Crippen LogP contribution is -2.36. The van der Waals surface area contributed by atoms with E-state index in [9.17, 15) is 4.79 Å². The number of aromatic amines is 1. The van der Waals surface area contributed by atoms with E-state index in [0.717, 1.165) is 60.7 Å². The molecule has 1 aromatic carbocycles. The van der Waals surface area contributed by atoms with Crippen molar-refractivity contribution in [2.75, 3.05) is 20.1 Å². The Balaban J connectivity index is 1.50. The topological polar surface area (TPSA) is 65.4 Å². The molecule has 7 heteroatoms. The number of nitrogens with one attached hydrogen (secondary N) is 2. The van der Waals surface area contributed by atoms with E-state index in [1.54, 1.807) is 10.6 Å². The molecule has 0 bridgehead atoms. The predicted molar refractivity (Wildman–Crippen MR) is 115 cm³/mol. The van der Waals surface area contributed by atoms with E-state index in [1.165, 1.54) is 0 Å². The zero-order valence-electron chi connectivity index (χ0n) is 16.6. The van der Waals surface area contributed by atoms with Gasteiger partial charge in [0.05, 0.1) is 5.69 Å². The van der Waals surface area contributed by atoms with Crippen LogP contribution in [0.1, 0.15) is 42.6 Å². The fraction of sp³-hybridized carbons (Fsp3) is 0.455. The molecule has 3 aromatic rings. The predicted octanol–water partition coefficient (Wildman–Crippen LogP) is 2.94. The summed E-state index contributed by atoms with van der Waals surface area (Å²) in [6, 6.07) is 12.2. The highest BCUT2D eigenvalue weighted by Gasteiger charge is 2.43. The van der Waals surface area contributed by atoms with E-state index >= 15 is 0 Å². The molecule has 2 aromatic heterocycles. The van der Waals surface area contributed by atoms with Gasteiger partial charge in [0.25, 0.3) is 5.56 Å². The van der Waals surface area contributed by atoms with Gasteiger partial charge in [0.15, 0.2) is 5.65 Å². The minimum Gasteiger partial charge on any atom is -0.316 e. The second-order valence-electron chi connectivity index (χ2n) is 8.37. The zero-order valence-corrected chi connectivity index (χ0v) is 17.4. The van der Waals surface area contributed by atoms with Crippen LogP contribution >= 0.6 is 11.6 Å². The zero-order chi connectivity index (χ0) is 20.0. The number of aromatic nitrogens is 3. The minimum absolute atomic E-state index is 0.0609. The summed E-state index contributed by atoms with van der Waals surface area (Å²) in [5.74, 6) is 0. The molecule has 0 radical (unpaired) electrons. The van der Waals surface area contributed by atoms with Crippen LogP contribution in [0.15, 0.2) is 41.2 Å². The summed E-state index contributed by atoms with van der Waals surface area (Å²) in [6.07, 6.45) is 4.32. The molecule has 29 heavy (non-hydrogen) atoms. The molecule has 6 nitrogen and oxygen atoms in total. The molecular weight excluding hydrogens is 386 g/mol. The van der Waals surface area contributed by atoms with E-state index in [4.69, 9.17) is 16.6 Å². The molecule has 5 rings (SSSR count). The number of halogens is 1. The summed E-state index contributed by atoms with van der Waals surface area (Å²) in [4.78, 5) is 19.9. The number of nitrogens with zero attached hydrogens (tertiary/aromatic N) is 3. The van der Waals surface area contributed by atoms with E-state index in [-0.39, 0.29) is 11.0 Å². The van der Waals surface area contributed by atoms with Crippen molar-refractivity contribution >= 4 is 17.2 Å². The van der Waals surface area contributed by atoms with Crippen LogP contribution in [0.5, 0.6) is 0 Å². The van der Waals surface area contributed by atoms with Crippen LogP contribution in [0.3, 0.4) is 0 Å². The third-order valence-corrected chi connectivity index (χ3v) is 7.01. The van der Waals surface area contributed by atoms with Gasteiger partial charge in [-0.25, -0.2) is 9.50 Å². The molecule has 0 spiro atoms. The maximum atomic E-state index is 12.8. The van der Waals surface area contributed by atoms with E-state index in [0.29, 0.717) is 18.2 Å². The highest BCUT2D eigenvalue weighted by Crippen LogP contribution is 2.50. The highest BCUT2D eigenvalue weighted by molar-refractivity contribution is 6.31. The third kappa shape index (κ3) is 3.19. The summed E-state index contributed by atoms with van der Waals surface area (Å²) in [5, 5.41) is 7.44. The molecule has 152 valence electrons. The molecule has 1 aliphatic carbocycles. The fourth-order valence-corrected chi connectivity index (χ4v) is 5.19. The standard InChI is InChI=1S/C22H26ClN5O/c1-24-15-7-10-27(13-15)14-16-11-21(29)28-20(25-16)12-19(26-28)22(8-4-9-22)17-5-2-3-6-18(17)23/h2-3,5-6,11-12,15,24,26H,4,7-10,13-14H2,1H3. The molecule has 2 fully saturated rings. The summed E-state index contributed by atoms with van der Waals surface area (Å²) >= 11 is 6.54. The molecule has 0 amide bonds. The van der Waals surface area contributed by atoms with Crippen molar-refractivity contribution in [2.45, 2.75) is 43.7 Å². The van der Waals surface area contributed by atoms with Crippen LogP contribution in [0.2, 0.25) is 5.02 Å². The Morgan fingerprint density at radius 3 is 2.83 bits per heavy atom. The van der Waals surface area contributed by atoms with E-state index in [2.05, 4.69) is 21.4 Å². The highest BCUT2D eigenvalue weighted by atomic mass is 35.5. The SMILES string of the molecule is CNC1CCN(Cc2cc(=O)n3[nH]c(C4(c5ccccc5Cl)CCC4)cc3n2)C1. The van der Waals surface area contributed by atoms with Gasteiger partial charge in [0.1, 0.15) is 0 Å². The first-order chi connectivity index (χ1) is 14.1. The summed E-state index contributed by atoms with van der Waals surface area (Å²) in [7, 11) is 2.00. The van der Waals surface area contributed by atoms with Crippen LogP contribution < -0.4 is 10.9 Å². The molecule has 2 aliphatic rings. The first kappa shape index (κ1) is 18.9. The quantitative estimate of drug-likeness (QED) is 0.677. The largest absolute Gasteiger partial charge is 0.316 e. The van der Waals surface area contributed by atoms with Crippen molar-refractivity contribution in [3.8, 4) is 0 Å². The Kier molecular flexibility index (Phi) is 4.73. The van der Waals surface area contributed by atoms with Gasteiger partial charge in [0.2, 0.25) is 0 Å². The maximum Gasteiger partial charge on any atom is 0.272 e. The molecule has 1 saturated carbocycles. The van der Waals surface area contributed by atoms with Crippen molar-refractivity contribution in [3.63, 3.8) is 0 Å². The van der Waals surface area contributed by atoms with Crippen molar-refractivity contribution in [3.05, 3.63) is 68.7 Å². The van der Waals surface area contributed by atoms with Gasteiger partial charge < -0.3 is 5.32 Å². The summed E-state index contributed by atoms with van der Waals surface area (Å²) < 4.78 is 1.57. The van der Waals surface area contributed by atoms with Gasteiger partial charge in [-0.1, -0.05) is 36.2 Å². The number of fused-ring (bicyclic) bond motifs is 1. The van der Waals surface area contributed by atoms with Crippen LogP contribution in [0.4, 0.5) is 0 Å². The third-order valence-electron chi connectivity index (χ3n) is 6.68. The molecule has 1 saturated heterocycles. The Hall–Kier alpha value is -2.15. The fourth-order valence-electron chi connectivity index (χ4n) is 4.87. The Bertz CT molecular complexity index is 1100. The summed E-state index contributed by atoms with van der Waals surface area (Å²) in [5.41, 5.74) is 3.45. The van der Waals surface area contributed by atoms with Crippen molar-refractivity contribution in [2.24, 2.45) is 0 Å². The first-order valence-electron chi connectivity index (χ1n) is 10.4. The van der Waals surface area contributed by atoms with Crippen molar-refractivity contribution in [1.82, 2.24) is 24.8 Å². The first-order valence-corrected chi connectivity index (χ1v) is 10.7. The normalized spacial score (nSPS) is 21.5. The van der Waals surface area contributed by atoms with Gasteiger partial charge in [-0.15, -0.1) is 0 Å². The van der Waals surface area contributed by atoms with Crippen LogP contribution in [-0.2, 0) is 12.0 Å². The average molecular weight is 412 g/mol. The van der Waals surface area contributed by atoms with Crippen molar-refractivity contribution in [1.29, 1.82) is 0 Å². The molecule has 3 heterocycles. The van der Waals surface area contributed by atoms with E-state index < -0.39 is 0 Å². The van der Waals surface area contributed by atoms with E-state index in [1.807, 2.05) is 31.3 Å². The average Bonchev–Trinajstić information content (AvgIpc) is 3.30. The van der Waals surface area contributed by atoms with Gasteiger partial charge in [0, 0.05) is 53.9 Å². The molecular formula is C22H26ClN5O. The second kappa shape index (κ2) is 7.27. The van der Waals surface area contributed by atoms with Gasteiger partial charge in [-0.05, 0) is 37.9 Å². The monoisotopic (exact) mass is 411 g/mol. The van der Waals surface area contributed by atoms with Crippen LogP contribution in [-0.4, -0.2) is 45.7 Å². The number of rotatable bonds is 5. The molecule has 1 unspecified atom stereocenters. The number of benzene rings is 1. The number of likely N-dealkylation sites (N-methyl/N-ethyl adjacent to an activating group) is 1. The lowest BCUT2D eigenvalue weighted by Gasteiger charge is -2.42. The second-order valence-corrected chi connectivity index (χ2v) is 8.78. The number of likely N-dealkylation sites (tertiary alicyclic amines) is 1. The lowest BCUT2D eigenvalue weighted by molar-refractivity contribution is 0.292.